The number of carbonyl (C=O) groups excluding carboxylic acids is 1. The molecule has 3 N–H and O–H groups in total. The number of anilines is 2. The Morgan fingerprint density at radius 3 is 2.70 bits per heavy atom. The van der Waals surface area contributed by atoms with Crippen LogP contribution in [0.25, 0.3) is 0 Å². The van der Waals surface area contributed by atoms with Gasteiger partial charge < -0.3 is 11.1 Å². The van der Waals surface area contributed by atoms with Crippen molar-refractivity contribution in [1.29, 1.82) is 0 Å². The van der Waals surface area contributed by atoms with Crippen LogP contribution in [0.15, 0.2) is 36.5 Å². The van der Waals surface area contributed by atoms with E-state index < -0.39 is 10.8 Å². The summed E-state index contributed by atoms with van der Waals surface area (Å²) in [6, 6.07) is 6.80. The summed E-state index contributed by atoms with van der Waals surface area (Å²) in [5, 5.41) is 13.6. The molecular weight excluding hydrogens is 284 g/mol. The van der Waals surface area contributed by atoms with Crippen molar-refractivity contribution >= 4 is 34.7 Å². The molecule has 0 radical (unpaired) electrons. The Labute approximate surface area is 118 Å². The molecule has 2 rings (SSSR count). The molecule has 0 saturated carbocycles. The maximum absolute atomic E-state index is 12.0. The van der Waals surface area contributed by atoms with Gasteiger partial charge in [-0.25, -0.2) is 4.98 Å². The van der Waals surface area contributed by atoms with E-state index in [4.69, 9.17) is 17.3 Å². The lowest BCUT2D eigenvalue weighted by Crippen LogP contribution is -2.14. The van der Waals surface area contributed by atoms with Gasteiger partial charge in [0.05, 0.1) is 16.8 Å². The first-order valence-corrected chi connectivity index (χ1v) is 5.82. The minimum Gasteiger partial charge on any atom is -0.384 e. The molecule has 8 heteroatoms. The fourth-order valence-corrected chi connectivity index (χ4v) is 1.70. The predicted molar refractivity (Wildman–Crippen MR) is 74.7 cm³/mol. The quantitative estimate of drug-likeness (QED) is 0.667. The van der Waals surface area contributed by atoms with E-state index in [1.807, 2.05) is 0 Å². The Balaban J connectivity index is 2.31. The lowest BCUT2D eigenvalue weighted by Gasteiger charge is -2.06. The fourth-order valence-electron chi connectivity index (χ4n) is 1.53. The summed E-state index contributed by atoms with van der Waals surface area (Å²) >= 11 is 5.76. The highest BCUT2D eigenvalue weighted by Gasteiger charge is 2.20. The van der Waals surface area contributed by atoms with Crippen LogP contribution >= 0.6 is 11.6 Å². The van der Waals surface area contributed by atoms with Crippen molar-refractivity contribution in [3.8, 4) is 0 Å². The molecule has 20 heavy (non-hydrogen) atoms. The van der Waals surface area contributed by atoms with Crippen LogP contribution in [-0.2, 0) is 0 Å². The van der Waals surface area contributed by atoms with Crippen LogP contribution in [0.2, 0.25) is 5.02 Å². The number of nitrogens with zero attached hydrogens (tertiary/aromatic N) is 2. The standard InChI is InChI=1S/C12H9ClN4O3/c13-7-1-3-10(17(19)20)9(5-7)12(18)16-8-2-4-11(14)15-6-8/h1-6H,(H2,14,15)(H,16,18). The summed E-state index contributed by atoms with van der Waals surface area (Å²) in [6.45, 7) is 0. The molecule has 0 aliphatic carbocycles. The Morgan fingerprint density at radius 2 is 2.10 bits per heavy atom. The molecule has 0 bridgehead atoms. The zero-order valence-electron chi connectivity index (χ0n) is 10.0. The molecule has 1 aromatic heterocycles. The first-order chi connectivity index (χ1) is 9.47. The largest absolute Gasteiger partial charge is 0.384 e. The maximum atomic E-state index is 12.0. The molecule has 0 aliphatic rings. The van der Waals surface area contributed by atoms with E-state index in [0.29, 0.717) is 11.5 Å². The zero-order chi connectivity index (χ0) is 14.7. The van der Waals surface area contributed by atoms with Gasteiger partial charge in [-0.3, -0.25) is 14.9 Å². The van der Waals surface area contributed by atoms with Gasteiger partial charge in [0.1, 0.15) is 11.4 Å². The van der Waals surface area contributed by atoms with E-state index in [1.165, 1.54) is 36.5 Å². The first-order valence-electron chi connectivity index (χ1n) is 5.44. The average Bonchev–Trinajstić information content (AvgIpc) is 2.41. The minimum atomic E-state index is -0.647. The zero-order valence-corrected chi connectivity index (χ0v) is 10.8. The number of nitrogens with two attached hydrogens (primary N) is 1. The number of hydrogen-bond acceptors (Lipinski definition) is 5. The summed E-state index contributed by atoms with van der Waals surface area (Å²) in [4.78, 5) is 26.1. The van der Waals surface area contributed by atoms with E-state index in [2.05, 4.69) is 10.3 Å². The van der Waals surface area contributed by atoms with Crippen molar-refractivity contribution in [2.45, 2.75) is 0 Å². The molecule has 1 aromatic carbocycles. The minimum absolute atomic E-state index is 0.126. The predicted octanol–water partition coefficient (Wildman–Crippen LogP) is 2.48. The van der Waals surface area contributed by atoms with Gasteiger partial charge in [-0.15, -0.1) is 0 Å². The number of hydrogen-bond donors (Lipinski definition) is 2. The highest BCUT2D eigenvalue weighted by Crippen LogP contribution is 2.23. The number of halogens is 1. The number of pyridine rings is 1. The second-order valence-electron chi connectivity index (χ2n) is 3.84. The van der Waals surface area contributed by atoms with E-state index in [9.17, 15) is 14.9 Å². The van der Waals surface area contributed by atoms with E-state index in [1.54, 1.807) is 0 Å². The molecule has 102 valence electrons. The number of aromatic nitrogens is 1. The van der Waals surface area contributed by atoms with Crippen LogP contribution < -0.4 is 11.1 Å². The summed E-state index contributed by atoms with van der Waals surface area (Å²) < 4.78 is 0. The Kier molecular flexibility index (Phi) is 3.81. The fraction of sp³-hybridized carbons (Fsp3) is 0. The highest BCUT2D eigenvalue weighted by atomic mass is 35.5. The van der Waals surface area contributed by atoms with Gasteiger partial charge in [0.2, 0.25) is 0 Å². The van der Waals surface area contributed by atoms with Crippen LogP contribution in [0.5, 0.6) is 0 Å². The molecule has 0 fully saturated rings. The molecule has 2 aromatic rings. The van der Waals surface area contributed by atoms with Crippen molar-refractivity contribution in [2.24, 2.45) is 0 Å². The topological polar surface area (TPSA) is 111 Å². The summed E-state index contributed by atoms with van der Waals surface area (Å²) in [7, 11) is 0. The van der Waals surface area contributed by atoms with Crippen LogP contribution in [0, 0.1) is 10.1 Å². The monoisotopic (exact) mass is 292 g/mol. The van der Waals surface area contributed by atoms with Crippen LogP contribution in [0.1, 0.15) is 10.4 Å². The first kappa shape index (κ1) is 13.8. The van der Waals surface area contributed by atoms with Crippen molar-refractivity contribution in [1.82, 2.24) is 4.98 Å². The Hall–Kier alpha value is -2.67. The lowest BCUT2D eigenvalue weighted by atomic mass is 10.1. The third-order valence-corrected chi connectivity index (χ3v) is 2.68. The van der Waals surface area contributed by atoms with E-state index in [-0.39, 0.29) is 16.3 Å². The molecule has 7 nitrogen and oxygen atoms in total. The molecule has 1 heterocycles. The van der Waals surface area contributed by atoms with Gasteiger partial charge in [-0.2, -0.15) is 0 Å². The third-order valence-electron chi connectivity index (χ3n) is 2.44. The number of amides is 1. The molecule has 0 atom stereocenters. The molecule has 0 saturated heterocycles. The SMILES string of the molecule is Nc1ccc(NC(=O)c2cc(Cl)ccc2[N+](=O)[O-])cn1. The smallest absolute Gasteiger partial charge is 0.282 e. The van der Waals surface area contributed by atoms with Crippen molar-refractivity contribution in [3.05, 3.63) is 57.2 Å². The molecule has 0 aliphatic heterocycles. The number of carbonyl (C=O) groups is 1. The van der Waals surface area contributed by atoms with Gasteiger partial charge in [-0.05, 0) is 24.3 Å². The second-order valence-corrected chi connectivity index (χ2v) is 4.28. The van der Waals surface area contributed by atoms with Gasteiger partial charge in [0.25, 0.3) is 11.6 Å². The lowest BCUT2D eigenvalue weighted by molar-refractivity contribution is -0.385. The van der Waals surface area contributed by atoms with Crippen molar-refractivity contribution in [2.75, 3.05) is 11.1 Å². The van der Waals surface area contributed by atoms with Crippen LogP contribution in [0.4, 0.5) is 17.2 Å². The van der Waals surface area contributed by atoms with Crippen molar-refractivity contribution < 1.29 is 9.72 Å². The Bertz CT molecular complexity index is 673. The number of benzene rings is 1. The van der Waals surface area contributed by atoms with Gasteiger partial charge >= 0.3 is 0 Å². The molecular formula is C12H9ClN4O3. The van der Waals surface area contributed by atoms with E-state index in [0.717, 1.165) is 0 Å². The normalized spacial score (nSPS) is 10.1. The van der Waals surface area contributed by atoms with Crippen LogP contribution in [-0.4, -0.2) is 15.8 Å². The van der Waals surface area contributed by atoms with Crippen LogP contribution in [0.3, 0.4) is 0 Å². The number of nitrogen functional groups attached to an aromatic ring is 1. The summed E-state index contributed by atoms with van der Waals surface area (Å²) in [5.74, 6) is -0.345. The third kappa shape index (κ3) is 3.01. The van der Waals surface area contributed by atoms with Crippen molar-refractivity contribution in [3.63, 3.8) is 0 Å². The van der Waals surface area contributed by atoms with Gasteiger partial charge in [0, 0.05) is 11.1 Å². The second kappa shape index (κ2) is 5.54. The number of nitrogens with one attached hydrogen (secondary N) is 1. The van der Waals surface area contributed by atoms with Gasteiger partial charge in [-0.1, -0.05) is 11.6 Å². The van der Waals surface area contributed by atoms with Gasteiger partial charge in [0.15, 0.2) is 0 Å². The summed E-state index contributed by atoms with van der Waals surface area (Å²) in [5.41, 5.74) is 5.35. The average molecular weight is 293 g/mol. The number of nitro groups is 1. The number of rotatable bonds is 3. The summed E-state index contributed by atoms with van der Waals surface area (Å²) in [6.07, 6.45) is 1.35. The maximum Gasteiger partial charge on any atom is 0.282 e. The molecule has 1 amide bonds. The molecule has 0 spiro atoms. The number of nitro benzene ring substituents is 1. The Morgan fingerprint density at radius 1 is 1.35 bits per heavy atom. The highest BCUT2D eigenvalue weighted by molar-refractivity contribution is 6.31. The van der Waals surface area contributed by atoms with E-state index >= 15 is 0 Å². The molecule has 0 unspecified atom stereocenters.